The molecular formula is C15H16N2O3S. The Morgan fingerprint density at radius 3 is 2.52 bits per heavy atom. The van der Waals surface area contributed by atoms with Gasteiger partial charge in [0.15, 0.2) is 0 Å². The second-order valence-corrected chi connectivity index (χ2v) is 6.86. The molecule has 1 unspecified atom stereocenters. The van der Waals surface area contributed by atoms with Crippen LogP contribution in [0, 0.1) is 0 Å². The lowest BCUT2D eigenvalue weighted by Gasteiger charge is -2.34. The number of fused-ring (bicyclic) bond motifs is 1. The zero-order valence-corrected chi connectivity index (χ0v) is 12.4. The third-order valence-electron chi connectivity index (χ3n) is 3.35. The van der Waals surface area contributed by atoms with Gasteiger partial charge >= 0.3 is 0 Å². The highest BCUT2D eigenvalue weighted by atomic mass is 32.2. The molecule has 5 nitrogen and oxygen atoms in total. The molecule has 0 spiro atoms. The summed E-state index contributed by atoms with van der Waals surface area (Å²) in [7, 11) is -3.63. The molecule has 21 heavy (non-hydrogen) atoms. The van der Waals surface area contributed by atoms with Gasteiger partial charge < -0.3 is 10.5 Å². The normalized spacial score (nSPS) is 18.0. The molecule has 0 aromatic heterocycles. The molecule has 1 aliphatic rings. The Balaban J connectivity index is 2.09. The monoisotopic (exact) mass is 304 g/mol. The molecular weight excluding hydrogens is 288 g/mol. The maximum Gasteiger partial charge on any atom is 0.264 e. The molecule has 0 radical (unpaired) electrons. The van der Waals surface area contributed by atoms with Gasteiger partial charge in [-0.2, -0.15) is 0 Å². The lowest BCUT2D eigenvalue weighted by molar-refractivity contribution is 0.219. The highest BCUT2D eigenvalue weighted by Gasteiger charge is 2.32. The number of ether oxygens (including phenoxy) is 1. The largest absolute Gasteiger partial charge is 0.487 e. The molecule has 2 aromatic carbocycles. The van der Waals surface area contributed by atoms with E-state index >= 15 is 0 Å². The quantitative estimate of drug-likeness (QED) is 0.864. The number of nitrogens with zero attached hydrogens (tertiary/aromatic N) is 1. The highest BCUT2D eigenvalue weighted by Crippen LogP contribution is 2.36. The average molecular weight is 304 g/mol. The van der Waals surface area contributed by atoms with Crippen LogP contribution in [-0.2, 0) is 10.0 Å². The van der Waals surface area contributed by atoms with E-state index in [4.69, 9.17) is 10.5 Å². The van der Waals surface area contributed by atoms with Crippen LogP contribution in [0.15, 0.2) is 53.4 Å². The molecule has 3 rings (SSSR count). The highest BCUT2D eigenvalue weighted by molar-refractivity contribution is 7.92. The minimum absolute atomic E-state index is 0.205. The van der Waals surface area contributed by atoms with E-state index in [0.29, 0.717) is 17.1 Å². The predicted molar refractivity (Wildman–Crippen MR) is 81.9 cm³/mol. The van der Waals surface area contributed by atoms with Crippen LogP contribution in [0.5, 0.6) is 5.75 Å². The van der Waals surface area contributed by atoms with Crippen LogP contribution in [-0.4, -0.2) is 21.1 Å². The molecule has 0 amide bonds. The Hall–Kier alpha value is -2.21. The van der Waals surface area contributed by atoms with E-state index in [2.05, 4.69) is 0 Å². The summed E-state index contributed by atoms with van der Waals surface area (Å²) >= 11 is 0. The van der Waals surface area contributed by atoms with Crippen LogP contribution in [0.2, 0.25) is 0 Å². The van der Waals surface area contributed by atoms with Crippen LogP contribution >= 0.6 is 0 Å². The van der Waals surface area contributed by atoms with Crippen molar-refractivity contribution in [3.8, 4) is 5.75 Å². The zero-order valence-electron chi connectivity index (χ0n) is 11.6. The number of anilines is 2. The van der Waals surface area contributed by atoms with Crippen LogP contribution in [0.3, 0.4) is 0 Å². The van der Waals surface area contributed by atoms with E-state index in [1.165, 1.54) is 16.4 Å². The molecule has 0 bridgehead atoms. The Kier molecular flexibility index (Phi) is 3.25. The summed E-state index contributed by atoms with van der Waals surface area (Å²) in [6.07, 6.45) is -0.205. The fraction of sp³-hybridized carbons (Fsp3) is 0.200. The minimum atomic E-state index is -3.63. The summed E-state index contributed by atoms with van der Waals surface area (Å²) in [6, 6.07) is 13.4. The number of para-hydroxylation sites is 2. The number of hydrogen-bond acceptors (Lipinski definition) is 4. The first kappa shape index (κ1) is 13.8. The SMILES string of the molecule is CC1CN(S(=O)(=O)c2ccc(N)cc2)c2ccccc2O1. The van der Waals surface area contributed by atoms with E-state index < -0.39 is 10.0 Å². The summed E-state index contributed by atoms with van der Waals surface area (Å²) in [6.45, 7) is 2.13. The molecule has 1 atom stereocenters. The molecule has 6 heteroatoms. The third kappa shape index (κ3) is 2.42. The van der Waals surface area contributed by atoms with E-state index in [1.807, 2.05) is 13.0 Å². The van der Waals surface area contributed by atoms with Crippen molar-refractivity contribution in [1.82, 2.24) is 0 Å². The Morgan fingerprint density at radius 1 is 1.14 bits per heavy atom. The molecule has 1 heterocycles. The van der Waals surface area contributed by atoms with Gasteiger partial charge in [0.25, 0.3) is 10.0 Å². The predicted octanol–water partition coefficient (Wildman–Crippen LogP) is 2.25. The number of hydrogen-bond donors (Lipinski definition) is 1. The second-order valence-electron chi connectivity index (χ2n) is 5.00. The third-order valence-corrected chi connectivity index (χ3v) is 5.15. The number of sulfonamides is 1. The smallest absolute Gasteiger partial charge is 0.264 e. The van der Waals surface area contributed by atoms with Gasteiger partial charge in [0.05, 0.1) is 17.1 Å². The van der Waals surface area contributed by atoms with Crippen molar-refractivity contribution < 1.29 is 13.2 Å². The van der Waals surface area contributed by atoms with Crippen molar-refractivity contribution in [3.05, 3.63) is 48.5 Å². The van der Waals surface area contributed by atoms with Crippen molar-refractivity contribution in [2.24, 2.45) is 0 Å². The van der Waals surface area contributed by atoms with Gasteiger partial charge in [-0.1, -0.05) is 12.1 Å². The van der Waals surface area contributed by atoms with Crippen molar-refractivity contribution >= 4 is 21.4 Å². The number of nitrogen functional groups attached to an aromatic ring is 1. The van der Waals surface area contributed by atoms with Gasteiger partial charge in [-0.3, -0.25) is 4.31 Å². The number of benzene rings is 2. The first-order valence-electron chi connectivity index (χ1n) is 6.62. The van der Waals surface area contributed by atoms with E-state index in [-0.39, 0.29) is 17.5 Å². The Bertz CT molecular complexity index is 757. The van der Waals surface area contributed by atoms with E-state index in [9.17, 15) is 8.42 Å². The standard InChI is InChI=1S/C15H16N2O3S/c1-11-10-17(14-4-2-3-5-15(14)20-11)21(18,19)13-8-6-12(16)7-9-13/h2-9,11H,10,16H2,1H3. The fourth-order valence-electron chi connectivity index (χ4n) is 2.34. The maximum absolute atomic E-state index is 12.8. The van der Waals surface area contributed by atoms with Crippen LogP contribution in [0.4, 0.5) is 11.4 Å². The Morgan fingerprint density at radius 2 is 1.81 bits per heavy atom. The summed E-state index contributed by atoms with van der Waals surface area (Å²) in [5.74, 6) is 0.579. The summed E-state index contributed by atoms with van der Waals surface area (Å²) in [4.78, 5) is 0.223. The topological polar surface area (TPSA) is 72.6 Å². The zero-order chi connectivity index (χ0) is 15.0. The maximum atomic E-state index is 12.8. The lowest BCUT2D eigenvalue weighted by Crippen LogP contribution is -2.42. The van der Waals surface area contributed by atoms with E-state index in [0.717, 1.165) is 0 Å². The van der Waals surface area contributed by atoms with Crippen LogP contribution in [0.25, 0.3) is 0 Å². The second kappa shape index (κ2) is 4.96. The van der Waals surface area contributed by atoms with Crippen molar-refractivity contribution in [2.45, 2.75) is 17.9 Å². The van der Waals surface area contributed by atoms with Crippen molar-refractivity contribution in [2.75, 3.05) is 16.6 Å². The lowest BCUT2D eigenvalue weighted by atomic mass is 10.2. The summed E-state index contributed by atoms with van der Waals surface area (Å²) in [5, 5.41) is 0. The van der Waals surface area contributed by atoms with Gasteiger partial charge in [0, 0.05) is 5.69 Å². The van der Waals surface area contributed by atoms with Crippen LogP contribution < -0.4 is 14.8 Å². The van der Waals surface area contributed by atoms with Crippen LogP contribution in [0.1, 0.15) is 6.92 Å². The molecule has 0 saturated heterocycles. The molecule has 2 aromatic rings. The van der Waals surface area contributed by atoms with Gasteiger partial charge in [-0.05, 0) is 43.3 Å². The summed E-state index contributed by atoms with van der Waals surface area (Å²) in [5.41, 5.74) is 6.71. The van der Waals surface area contributed by atoms with Crippen molar-refractivity contribution in [1.29, 1.82) is 0 Å². The van der Waals surface area contributed by atoms with Gasteiger partial charge in [0.2, 0.25) is 0 Å². The van der Waals surface area contributed by atoms with Gasteiger partial charge in [-0.15, -0.1) is 0 Å². The molecule has 110 valence electrons. The molecule has 1 aliphatic heterocycles. The van der Waals surface area contributed by atoms with E-state index in [1.54, 1.807) is 30.3 Å². The molecule has 0 saturated carbocycles. The molecule has 2 N–H and O–H groups in total. The van der Waals surface area contributed by atoms with Gasteiger partial charge in [-0.25, -0.2) is 8.42 Å². The van der Waals surface area contributed by atoms with Crippen molar-refractivity contribution in [3.63, 3.8) is 0 Å². The average Bonchev–Trinajstić information content (AvgIpc) is 2.46. The number of rotatable bonds is 2. The summed E-state index contributed by atoms with van der Waals surface area (Å²) < 4.78 is 32.7. The minimum Gasteiger partial charge on any atom is -0.487 e. The molecule has 0 aliphatic carbocycles. The van der Waals surface area contributed by atoms with Gasteiger partial charge in [0.1, 0.15) is 11.9 Å². The first-order chi connectivity index (χ1) is 9.98. The fourth-order valence-corrected chi connectivity index (χ4v) is 3.89. The number of nitrogens with two attached hydrogens (primary N) is 1. The Labute approximate surface area is 124 Å². The first-order valence-corrected chi connectivity index (χ1v) is 8.06. The molecule has 0 fully saturated rings.